The van der Waals surface area contributed by atoms with Crippen LogP contribution in [-0.2, 0) is 13.2 Å². The molecule has 2 aromatic carbocycles. The number of halogens is 3. The number of amides is 1. The van der Waals surface area contributed by atoms with Gasteiger partial charge in [-0.1, -0.05) is 33.2 Å². The maximum Gasteiger partial charge on any atom is 0.279 e. The van der Waals surface area contributed by atoms with Gasteiger partial charge in [0.15, 0.2) is 23.1 Å². The Balaban J connectivity index is 1.46. The van der Waals surface area contributed by atoms with Crippen molar-refractivity contribution in [2.24, 2.45) is 0 Å². The van der Waals surface area contributed by atoms with Gasteiger partial charge in [0.2, 0.25) is 0 Å². The maximum atomic E-state index is 13.8. The minimum atomic E-state index is -0.845. The number of aromatic nitrogens is 3. The number of carbonyl (C=O) groups excluding carboxylic acids is 1. The summed E-state index contributed by atoms with van der Waals surface area (Å²) in [6, 6.07) is 12.6. The minimum absolute atomic E-state index is 0.00451. The maximum absolute atomic E-state index is 13.8. The summed E-state index contributed by atoms with van der Waals surface area (Å²) in [6.45, 7) is 3.86. The number of anilines is 1. The van der Waals surface area contributed by atoms with Gasteiger partial charge in [0.05, 0.1) is 12.1 Å². The second-order valence-electron chi connectivity index (χ2n) is 7.34. The molecule has 0 saturated heterocycles. The number of ether oxygens (including phenoxy) is 1. The number of nitrogens with zero attached hydrogens (tertiary/aromatic N) is 3. The minimum Gasteiger partial charge on any atom is -0.486 e. The van der Waals surface area contributed by atoms with E-state index in [-0.39, 0.29) is 18.1 Å². The first-order chi connectivity index (χ1) is 15.8. The Morgan fingerprint density at radius 1 is 1.15 bits per heavy atom. The summed E-state index contributed by atoms with van der Waals surface area (Å²) in [6.07, 6.45) is 0. The molecule has 0 spiro atoms. The topological polar surface area (TPSA) is 82.2 Å². The van der Waals surface area contributed by atoms with Crippen LogP contribution >= 0.6 is 15.9 Å². The van der Waals surface area contributed by atoms with Gasteiger partial charge < -0.3 is 14.6 Å². The van der Waals surface area contributed by atoms with Gasteiger partial charge in [-0.3, -0.25) is 9.48 Å². The van der Waals surface area contributed by atoms with Gasteiger partial charge in [-0.2, -0.15) is 5.10 Å². The van der Waals surface area contributed by atoms with E-state index in [1.807, 2.05) is 31.2 Å². The number of rotatable bonds is 7. The molecule has 0 atom stereocenters. The summed E-state index contributed by atoms with van der Waals surface area (Å²) in [7, 11) is 0. The number of carbonyl (C=O) groups is 1. The molecule has 0 aliphatic carbocycles. The SMILES string of the molecule is Cc1onc(C(=O)Nc2cc(C)n(Cc3ccc(Br)cc3)n2)c1COc1ccc(F)cc1F. The number of aryl methyl sites for hydroxylation is 2. The Labute approximate surface area is 196 Å². The van der Waals surface area contributed by atoms with Crippen molar-refractivity contribution in [1.82, 2.24) is 14.9 Å². The highest BCUT2D eigenvalue weighted by Gasteiger charge is 2.22. The molecule has 0 radical (unpaired) electrons. The number of benzene rings is 2. The van der Waals surface area contributed by atoms with Gasteiger partial charge in [0, 0.05) is 22.3 Å². The van der Waals surface area contributed by atoms with Crippen LogP contribution < -0.4 is 10.1 Å². The van der Waals surface area contributed by atoms with Crippen LogP contribution in [0.15, 0.2) is 57.5 Å². The molecule has 0 bridgehead atoms. The molecule has 4 rings (SSSR count). The van der Waals surface area contributed by atoms with Crippen LogP contribution in [0.3, 0.4) is 0 Å². The zero-order valence-corrected chi connectivity index (χ0v) is 19.3. The molecule has 1 N–H and O–H groups in total. The highest BCUT2D eigenvalue weighted by atomic mass is 79.9. The number of hydrogen-bond donors (Lipinski definition) is 1. The van der Waals surface area contributed by atoms with Gasteiger partial charge in [0.1, 0.15) is 18.2 Å². The fourth-order valence-corrected chi connectivity index (χ4v) is 3.42. The summed E-state index contributed by atoms with van der Waals surface area (Å²) < 4.78 is 40.2. The van der Waals surface area contributed by atoms with Gasteiger partial charge in [-0.15, -0.1) is 0 Å². The van der Waals surface area contributed by atoms with Crippen LogP contribution in [0.25, 0.3) is 0 Å². The Hall–Kier alpha value is -3.53. The third-order valence-corrected chi connectivity index (χ3v) is 5.46. The Kier molecular flexibility index (Phi) is 6.55. The van der Waals surface area contributed by atoms with Crippen molar-refractivity contribution >= 4 is 27.7 Å². The molecule has 4 aromatic rings. The van der Waals surface area contributed by atoms with E-state index in [1.165, 1.54) is 6.07 Å². The van der Waals surface area contributed by atoms with Gasteiger partial charge in [-0.25, -0.2) is 8.78 Å². The van der Waals surface area contributed by atoms with Crippen molar-refractivity contribution in [2.75, 3.05) is 5.32 Å². The quantitative estimate of drug-likeness (QED) is 0.355. The number of hydrogen-bond acceptors (Lipinski definition) is 5. The van der Waals surface area contributed by atoms with E-state index >= 15 is 0 Å². The van der Waals surface area contributed by atoms with Crippen molar-refractivity contribution in [3.8, 4) is 5.75 Å². The first-order valence-electron chi connectivity index (χ1n) is 9.93. The molecule has 170 valence electrons. The highest BCUT2D eigenvalue weighted by molar-refractivity contribution is 9.10. The molecule has 7 nitrogen and oxygen atoms in total. The Bertz CT molecular complexity index is 1300. The van der Waals surface area contributed by atoms with Gasteiger partial charge >= 0.3 is 0 Å². The van der Waals surface area contributed by atoms with Crippen molar-refractivity contribution in [2.45, 2.75) is 27.0 Å². The van der Waals surface area contributed by atoms with Crippen LogP contribution in [0.5, 0.6) is 5.75 Å². The average Bonchev–Trinajstić information content (AvgIpc) is 3.31. The normalized spacial score (nSPS) is 10.9. The monoisotopic (exact) mass is 516 g/mol. The summed E-state index contributed by atoms with van der Waals surface area (Å²) in [5, 5.41) is 11.0. The predicted octanol–water partition coefficient (Wildman–Crippen LogP) is 5.41. The van der Waals surface area contributed by atoms with Crippen molar-refractivity contribution < 1.29 is 22.8 Å². The first kappa shape index (κ1) is 22.7. The molecule has 2 aromatic heterocycles. The van der Waals surface area contributed by atoms with Crippen molar-refractivity contribution in [3.05, 3.63) is 92.9 Å². The summed E-state index contributed by atoms with van der Waals surface area (Å²) in [5.41, 5.74) is 2.26. The second kappa shape index (κ2) is 9.53. The van der Waals surface area contributed by atoms with Crippen molar-refractivity contribution in [3.63, 3.8) is 0 Å². The molecule has 0 fully saturated rings. The zero-order chi connectivity index (χ0) is 23.5. The lowest BCUT2D eigenvalue weighted by atomic mass is 10.2. The van der Waals surface area contributed by atoms with E-state index in [2.05, 4.69) is 31.5 Å². The van der Waals surface area contributed by atoms with Gasteiger partial charge in [0.25, 0.3) is 5.91 Å². The molecule has 10 heteroatoms. The molecule has 33 heavy (non-hydrogen) atoms. The van der Waals surface area contributed by atoms with Crippen LogP contribution in [0.2, 0.25) is 0 Å². The molecule has 2 heterocycles. The first-order valence-corrected chi connectivity index (χ1v) is 10.7. The van der Waals surface area contributed by atoms with Crippen LogP contribution in [0.1, 0.15) is 33.1 Å². The highest BCUT2D eigenvalue weighted by Crippen LogP contribution is 2.22. The predicted molar refractivity (Wildman–Crippen MR) is 120 cm³/mol. The lowest BCUT2D eigenvalue weighted by Crippen LogP contribution is -2.16. The van der Waals surface area contributed by atoms with Crippen LogP contribution in [-0.4, -0.2) is 20.8 Å². The zero-order valence-electron chi connectivity index (χ0n) is 17.7. The molecular formula is C23H19BrF2N4O3. The van der Waals surface area contributed by atoms with E-state index in [0.29, 0.717) is 23.7 Å². The van der Waals surface area contributed by atoms with Gasteiger partial charge in [-0.05, 0) is 43.7 Å². The lowest BCUT2D eigenvalue weighted by Gasteiger charge is -2.07. The molecular weight excluding hydrogens is 498 g/mol. The molecule has 0 aliphatic rings. The smallest absolute Gasteiger partial charge is 0.279 e. The van der Waals surface area contributed by atoms with E-state index in [0.717, 1.165) is 27.9 Å². The fourth-order valence-electron chi connectivity index (χ4n) is 3.15. The molecule has 1 amide bonds. The number of nitrogens with one attached hydrogen (secondary N) is 1. The lowest BCUT2D eigenvalue weighted by molar-refractivity contribution is 0.101. The Morgan fingerprint density at radius 2 is 1.91 bits per heavy atom. The third kappa shape index (κ3) is 5.28. The average molecular weight is 517 g/mol. The summed E-state index contributed by atoms with van der Waals surface area (Å²) >= 11 is 3.41. The third-order valence-electron chi connectivity index (χ3n) is 4.93. The fraction of sp³-hybridized carbons (Fsp3) is 0.174. The molecule has 0 unspecified atom stereocenters. The largest absolute Gasteiger partial charge is 0.486 e. The molecule has 0 aliphatic heterocycles. The van der Waals surface area contributed by atoms with Crippen LogP contribution in [0.4, 0.5) is 14.6 Å². The second-order valence-corrected chi connectivity index (χ2v) is 8.25. The summed E-state index contributed by atoms with van der Waals surface area (Å²) in [5.74, 6) is -1.55. The van der Waals surface area contributed by atoms with E-state index in [4.69, 9.17) is 9.26 Å². The van der Waals surface area contributed by atoms with E-state index < -0.39 is 17.5 Å². The van der Waals surface area contributed by atoms with E-state index in [9.17, 15) is 13.6 Å². The standard InChI is InChI=1S/C23H19BrF2N4O3/c1-13-9-21(28-30(13)11-15-3-5-16(24)6-4-15)27-23(31)22-18(14(2)33-29-22)12-32-20-8-7-17(25)10-19(20)26/h3-10H,11-12H2,1-2H3,(H,27,28,31). The van der Waals surface area contributed by atoms with E-state index in [1.54, 1.807) is 17.7 Å². The Morgan fingerprint density at radius 3 is 2.64 bits per heavy atom. The summed E-state index contributed by atoms with van der Waals surface area (Å²) in [4.78, 5) is 12.8. The van der Waals surface area contributed by atoms with Crippen LogP contribution in [0, 0.1) is 25.5 Å². The molecule has 0 saturated carbocycles. The van der Waals surface area contributed by atoms with Crippen molar-refractivity contribution in [1.29, 1.82) is 0 Å².